The van der Waals surface area contributed by atoms with Crippen molar-refractivity contribution in [2.45, 2.75) is 6.54 Å². The normalized spacial score (nSPS) is 9.20. The van der Waals surface area contributed by atoms with Gasteiger partial charge >= 0.3 is 0 Å². The highest BCUT2D eigenvalue weighted by Gasteiger charge is 1.93. The van der Waals surface area contributed by atoms with E-state index in [1.165, 1.54) is 6.39 Å². The molecule has 0 saturated carbocycles. The summed E-state index contributed by atoms with van der Waals surface area (Å²) in [6, 6.07) is 0. The molecule has 10 heavy (non-hydrogen) atoms. The minimum atomic E-state index is 0.0183. The Kier molecular flexibility index (Phi) is 1.83. The van der Waals surface area contributed by atoms with Gasteiger partial charge in [-0.2, -0.15) is 4.98 Å². The Morgan fingerprint density at radius 3 is 3.00 bits per heavy atom. The number of guanidine groups is 1. The van der Waals surface area contributed by atoms with E-state index in [4.69, 9.17) is 11.5 Å². The van der Waals surface area contributed by atoms with Crippen LogP contribution in [-0.4, -0.2) is 16.1 Å². The van der Waals surface area contributed by atoms with Gasteiger partial charge in [0.25, 0.3) is 0 Å². The van der Waals surface area contributed by atoms with Crippen molar-refractivity contribution in [3.63, 3.8) is 0 Å². The van der Waals surface area contributed by atoms with Crippen LogP contribution in [0.3, 0.4) is 0 Å². The molecule has 6 nitrogen and oxygen atoms in total. The summed E-state index contributed by atoms with van der Waals surface area (Å²) in [4.78, 5) is 7.35. The summed E-state index contributed by atoms with van der Waals surface area (Å²) in [5, 5.41) is 3.48. The van der Waals surface area contributed by atoms with Crippen molar-refractivity contribution in [1.82, 2.24) is 10.1 Å². The number of aliphatic imine (C=N–C) groups is 1. The van der Waals surface area contributed by atoms with E-state index in [9.17, 15) is 0 Å². The first-order chi connectivity index (χ1) is 4.79. The smallest absolute Gasteiger partial charge is 0.213 e. The van der Waals surface area contributed by atoms with E-state index in [2.05, 4.69) is 19.7 Å². The summed E-state index contributed by atoms with van der Waals surface area (Å²) in [5.41, 5.74) is 10.1. The average Bonchev–Trinajstić information content (AvgIpc) is 2.34. The number of hydrogen-bond donors (Lipinski definition) is 2. The van der Waals surface area contributed by atoms with Crippen LogP contribution in [0, 0.1) is 0 Å². The van der Waals surface area contributed by atoms with Gasteiger partial charge in [0.15, 0.2) is 11.8 Å². The third kappa shape index (κ3) is 1.73. The Labute approximate surface area is 56.9 Å². The maximum atomic E-state index is 5.05. The molecule has 0 fully saturated rings. The minimum absolute atomic E-state index is 0.0183. The zero-order valence-electron chi connectivity index (χ0n) is 5.19. The standard InChI is InChI=1S/C4H7N5O/c5-4(6)7-1-3-8-2-10-9-3/h2H,1H2,(H4,5,6,7). The van der Waals surface area contributed by atoms with Crippen LogP contribution in [0.15, 0.2) is 15.9 Å². The van der Waals surface area contributed by atoms with Gasteiger partial charge in [-0.15, -0.1) is 0 Å². The van der Waals surface area contributed by atoms with Crippen molar-refractivity contribution in [2.75, 3.05) is 0 Å². The lowest BCUT2D eigenvalue weighted by molar-refractivity contribution is 0.410. The van der Waals surface area contributed by atoms with Crippen LogP contribution in [0.1, 0.15) is 5.82 Å². The molecule has 0 unspecified atom stereocenters. The highest BCUT2D eigenvalue weighted by Crippen LogP contribution is 1.89. The van der Waals surface area contributed by atoms with Gasteiger partial charge < -0.3 is 16.0 Å². The topological polar surface area (TPSA) is 103 Å². The summed E-state index contributed by atoms with van der Waals surface area (Å²) in [5.74, 6) is 0.484. The van der Waals surface area contributed by atoms with Gasteiger partial charge in [0.05, 0.1) is 0 Å². The van der Waals surface area contributed by atoms with E-state index >= 15 is 0 Å². The molecule has 1 rings (SSSR count). The third-order valence-electron chi connectivity index (χ3n) is 0.810. The fourth-order valence-corrected chi connectivity index (χ4v) is 0.424. The SMILES string of the molecule is NC(N)=NCc1ncon1. The molecule has 0 atom stereocenters. The summed E-state index contributed by atoms with van der Waals surface area (Å²) >= 11 is 0. The van der Waals surface area contributed by atoms with Gasteiger partial charge in [-0.05, 0) is 0 Å². The number of hydrogen-bond acceptors (Lipinski definition) is 4. The maximum Gasteiger partial charge on any atom is 0.213 e. The molecule has 6 heteroatoms. The minimum Gasteiger partial charge on any atom is -0.370 e. The highest BCUT2D eigenvalue weighted by molar-refractivity contribution is 5.75. The van der Waals surface area contributed by atoms with Crippen LogP contribution in [-0.2, 0) is 6.54 Å². The van der Waals surface area contributed by atoms with Gasteiger partial charge in [-0.1, -0.05) is 5.16 Å². The van der Waals surface area contributed by atoms with Crippen LogP contribution in [0.25, 0.3) is 0 Å². The monoisotopic (exact) mass is 141 g/mol. The molecule has 0 amide bonds. The zero-order valence-corrected chi connectivity index (χ0v) is 5.19. The maximum absolute atomic E-state index is 5.05. The summed E-state index contributed by atoms with van der Waals surface area (Å²) in [6.45, 7) is 0.263. The van der Waals surface area contributed by atoms with E-state index in [0.717, 1.165) is 0 Å². The summed E-state index contributed by atoms with van der Waals surface area (Å²) < 4.78 is 4.43. The largest absolute Gasteiger partial charge is 0.370 e. The Morgan fingerprint density at radius 1 is 1.70 bits per heavy atom. The molecule has 0 saturated heterocycles. The molecular weight excluding hydrogens is 134 g/mol. The summed E-state index contributed by atoms with van der Waals surface area (Å²) in [6.07, 6.45) is 1.22. The van der Waals surface area contributed by atoms with Gasteiger partial charge in [0.2, 0.25) is 6.39 Å². The molecule has 0 spiro atoms. The molecule has 4 N–H and O–H groups in total. The van der Waals surface area contributed by atoms with E-state index in [1.54, 1.807) is 0 Å². The predicted octanol–water partition coefficient (Wildman–Crippen LogP) is -1.16. The van der Waals surface area contributed by atoms with Crippen molar-refractivity contribution >= 4 is 5.96 Å². The van der Waals surface area contributed by atoms with E-state index in [0.29, 0.717) is 5.82 Å². The molecule has 1 aromatic rings. The number of nitrogens with two attached hydrogens (primary N) is 2. The molecular formula is C4H7N5O. The lowest BCUT2D eigenvalue weighted by atomic mass is 10.6. The van der Waals surface area contributed by atoms with Crippen molar-refractivity contribution in [3.05, 3.63) is 12.2 Å². The Morgan fingerprint density at radius 2 is 2.50 bits per heavy atom. The first kappa shape index (κ1) is 6.53. The fourth-order valence-electron chi connectivity index (χ4n) is 0.424. The molecule has 0 bridgehead atoms. The van der Waals surface area contributed by atoms with Crippen molar-refractivity contribution in [3.8, 4) is 0 Å². The lowest BCUT2D eigenvalue weighted by Crippen LogP contribution is -2.22. The Balaban J connectivity index is 2.49. The van der Waals surface area contributed by atoms with Gasteiger partial charge in [0, 0.05) is 0 Å². The van der Waals surface area contributed by atoms with Crippen molar-refractivity contribution < 1.29 is 4.52 Å². The van der Waals surface area contributed by atoms with Crippen molar-refractivity contribution in [1.29, 1.82) is 0 Å². The van der Waals surface area contributed by atoms with Gasteiger partial charge in [-0.25, -0.2) is 4.99 Å². The van der Waals surface area contributed by atoms with Crippen LogP contribution in [0.4, 0.5) is 0 Å². The van der Waals surface area contributed by atoms with Crippen LogP contribution < -0.4 is 11.5 Å². The van der Waals surface area contributed by atoms with Gasteiger partial charge in [0.1, 0.15) is 6.54 Å². The molecule has 0 aromatic carbocycles. The van der Waals surface area contributed by atoms with Gasteiger partial charge in [-0.3, -0.25) is 0 Å². The van der Waals surface area contributed by atoms with Crippen LogP contribution in [0.5, 0.6) is 0 Å². The van der Waals surface area contributed by atoms with Crippen molar-refractivity contribution in [2.24, 2.45) is 16.5 Å². The molecule has 54 valence electrons. The quantitative estimate of drug-likeness (QED) is 0.399. The third-order valence-corrected chi connectivity index (χ3v) is 0.810. The van der Waals surface area contributed by atoms with E-state index in [-0.39, 0.29) is 12.5 Å². The molecule has 0 radical (unpaired) electrons. The molecule has 0 aliphatic carbocycles. The first-order valence-electron chi connectivity index (χ1n) is 2.59. The molecule has 0 aliphatic heterocycles. The first-order valence-corrected chi connectivity index (χ1v) is 2.59. The van der Waals surface area contributed by atoms with E-state index < -0.39 is 0 Å². The van der Waals surface area contributed by atoms with Crippen LogP contribution >= 0.6 is 0 Å². The second kappa shape index (κ2) is 2.81. The lowest BCUT2D eigenvalue weighted by Gasteiger charge is -1.86. The zero-order chi connectivity index (χ0) is 7.40. The number of nitrogens with zero attached hydrogens (tertiary/aromatic N) is 3. The highest BCUT2D eigenvalue weighted by atomic mass is 16.5. The molecule has 1 heterocycles. The average molecular weight is 141 g/mol. The second-order valence-electron chi connectivity index (χ2n) is 1.59. The second-order valence-corrected chi connectivity index (χ2v) is 1.59. The predicted molar refractivity (Wildman–Crippen MR) is 33.8 cm³/mol. The van der Waals surface area contributed by atoms with Crippen LogP contribution in [0.2, 0.25) is 0 Å². The Bertz CT molecular complexity index is 212. The summed E-state index contributed by atoms with van der Waals surface area (Å²) in [7, 11) is 0. The molecule has 1 aromatic heterocycles. The number of aromatic nitrogens is 2. The molecule has 0 aliphatic rings. The number of rotatable bonds is 2. The Hall–Kier alpha value is -1.59. The van der Waals surface area contributed by atoms with E-state index in [1.807, 2.05) is 0 Å². The fraction of sp³-hybridized carbons (Fsp3) is 0.250.